The third-order valence-corrected chi connectivity index (χ3v) is 7.78. The first-order valence-corrected chi connectivity index (χ1v) is 15.2. The van der Waals surface area contributed by atoms with Gasteiger partial charge in [-0.3, -0.25) is 9.59 Å². The highest BCUT2D eigenvalue weighted by atomic mass is 16.5. The van der Waals surface area contributed by atoms with Gasteiger partial charge in [-0.25, -0.2) is 0 Å². The van der Waals surface area contributed by atoms with Crippen molar-refractivity contribution in [3.63, 3.8) is 0 Å². The van der Waals surface area contributed by atoms with Gasteiger partial charge in [0.1, 0.15) is 12.4 Å². The van der Waals surface area contributed by atoms with Crippen LogP contribution in [0.25, 0.3) is 0 Å². The van der Waals surface area contributed by atoms with Crippen molar-refractivity contribution in [2.45, 2.75) is 24.2 Å². The molecule has 0 bridgehead atoms. The van der Waals surface area contributed by atoms with Gasteiger partial charge in [-0.1, -0.05) is 134 Å². The van der Waals surface area contributed by atoms with Gasteiger partial charge in [0.2, 0.25) is 0 Å². The number of carbonyl (C=O) groups is 2. The third kappa shape index (κ3) is 7.95. The Bertz CT molecular complexity index is 1610. The van der Waals surface area contributed by atoms with E-state index in [4.69, 9.17) is 16.2 Å². The highest BCUT2D eigenvalue weighted by Crippen LogP contribution is 2.30. The van der Waals surface area contributed by atoms with E-state index in [2.05, 4.69) is 17.2 Å². The fraction of sp³-hybridized carbons (Fsp3) is 0.128. The van der Waals surface area contributed by atoms with Crippen LogP contribution in [0.3, 0.4) is 0 Å². The van der Waals surface area contributed by atoms with Crippen LogP contribution in [0.15, 0.2) is 152 Å². The van der Waals surface area contributed by atoms with E-state index in [1.165, 1.54) is 0 Å². The first-order chi connectivity index (χ1) is 22.4. The molecule has 0 spiro atoms. The Labute approximate surface area is 269 Å². The molecule has 5 rings (SSSR count). The van der Waals surface area contributed by atoms with Crippen molar-refractivity contribution in [1.29, 1.82) is 0 Å². The zero-order chi connectivity index (χ0) is 32.3. The van der Waals surface area contributed by atoms with Crippen molar-refractivity contribution in [3.8, 4) is 5.75 Å². The topological polar surface area (TPSA) is 119 Å². The van der Waals surface area contributed by atoms with Crippen LogP contribution in [-0.4, -0.2) is 18.4 Å². The number of hydrogen-bond donors (Lipinski definition) is 4. The molecule has 5 aromatic rings. The van der Waals surface area contributed by atoms with Crippen LogP contribution < -0.4 is 26.8 Å². The maximum Gasteiger partial charge on any atom is 0.251 e. The molecule has 7 heteroatoms. The van der Waals surface area contributed by atoms with Gasteiger partial charge >= 0.3 is 0 Å². The van der Waals surface area contributed by atoms with Crippen LogP contribution in [0.5, 0.6) is 5.75 Å². The van der Waals surface area contributed by atoms with E-state index in [0.717, 1.165) is 22.3 Å². The van der Waals surface area contributed by atoms with E-state index in [9.17, 15) is 9.59 Å². The Morgan fingerprint density at radius 1 is 0.587 bits per heavy atom. The van der Waals surface area contributed by atoms with Crippen molar-refractivity contribution in [2.24, 2.45) is 11.5 Å². The first-order valence-electron chi connectivity index (χ1n) is 15.2. The Morgan fingerprint density at radius 3 is 1.28 bits per heavy atom. The molecule has 0 saturated carbocycles. The van der Waals surface area contributed by atoms with Gasteiger partial charge in [0.05, 0.1) is 24.2 Å². The van der Waals surface area contributed by atoms with Crippen LogP contribution >= 0.6 is 0 Å². The molecule has 0 heterocycles. The normalized spacial score (nSPS) is 13.4. The van der Waals surface area contributed by atoms with E-state index in [1.54, 1.807) is 24.3 Å². The molecule has 0 aliphatic carbocycles. The lowest BCUT2D eigenvalue weighted by atomic mass is 9.93. The second-order valence-electron chi connectivity index (χ2n) is 10.9. The molecule has 0 radical (unpaired) electrons. The minimum atomic E-state index is -0.544. The Hall–Kier alpha value is -5.50. The van der Waals surface area contributed by atoms with Crippen molar-refractivity contribution >= 4 is 11.8 Å². The molecule has 0 aliphatic rings. The highest BCUT2D eigenvalue weighted by Gasteiger charge is 2.27. The zero-order valence-corrected chi connectivity index (χ0v) is 25.5. The molecule has 0 saturated heterocycles. The SMILES string of the molecule is C=CCOc1cc(C(=O)N[C@H](c2ccccc2)[C@H](N)c2ccccc2)cc(C(=O)N[C@H](c2ccccc2)[C@H](N)c2ccccc2)c1. The minimum Gasteiger partial charge on any atom is -0.490 e. The van der Waals surface area contributed by atoms with E-state index in [-0.39, 0.29) is 17.7 Å². The molecule has 5 aromatic carbocycles. The Morgan fingerprint density at radius 2 is 0.935 bits per heavy atom. The summed E-state index contributed by atoms with van der Waals surface area (Å²) in [6.45, 7) is 3.92. The summed E-state index contributed by atoms with van der Waals surface area (Å²) < 4.78 is 5.82. The molecular weight excluding hydrogens is 572 g/mol. The van der Waals surface area contributed by atoms with Crippen molar-refractivity contribution < 1.29 is 14.3 Å². The number of hydrogen-bond acceptors (Lipinski definition) is 5. The molecule has 0 unspecified atom stereocenters. The molecule has 46 heavy (non-hydrogen) atoms. The van der Waals surface area contributed by atoms with Crippen molar-refractivity contribution in [2.75, 3.05) is 6.61 Å². The molecule has 6 N–H and O–H groups in total. The Balaban J connectivity index is 1.46. The number of amides is 2. The Kier molecular flexibility index (Phi) is 10.7. The summed E-state index contributed by atoms with van der Waals surface area (Å²) >= 11 is 0. The molecule has 0 aromatic heterocycles. The molecule has 2 amide bonds. The summed E-state index contributed by atoms with van der Waals surface area (Å²) in [6.07, 6.45) is 1.60. The fourth-order valence-corrected chi connectivity index (χ4v) is 5.37. The van der Waals surface area contributed by atoms with E-state index in [0.29, 0.717) is 5.75 Å². The van der Waals surface area contributed by atoms with E-state index in [1.807, 2.05) is 121 Å². The number of rotatable bonds is 13. The molecule has 7 nitrogen and oxygen atoms in total. The van der Waals surface area contributed by atoms with Crippen molar-refractivity contribution in [3.05, 3.63) is 186 Å². The highest BCUT2D eigenvalue weighted by molar-refractivity contribution is 6.00. The van der Waals surface area contributed by atoms with Gasteiger partial charge in [0.25, 0.3) is 11.8 Å². The van der Waals surface area contributed by atoms with Gasteiger partial charge in [0, 0.05) is 11.1 Å². The lowest BCUT2D eigenvalue weighted by Crippen LogP contribution is -2.37. The summed E-state index contributed by atoms with van der Waals surface area (Å²) in [5, 5.41) is 6.22. The van der Waals surface area contributed by atoms with Gasteiger partial charge in [0.15, 0.2) is 0 Å². The predicted molar refractivity (Wildman–Crippen MR) is 182 cm³/mol. The number of ether oxygens (including phenoxy) is 1. The van der Waals surface area contributed by atoms with Crippen LogP contribution in [0, 0.1) is 0 Å². The van der Waals surface area contributed by atoms with Crippen LogP contribution in [-0.2, 0) is 0 Å². The monoisotopic (exact) mass is 610 g/mol. The second-order valence-corrected chi connectivity index (χ2v) is 10.9. The number of benzene rings is 5. The fourth-order valence-electron chi connectivity index (χ4n) is 5.37. The van der Waals surface area contributed by atoms with Crippen molar-refractivity contribution in [1.82, 2.24) is 10.6 Å². The summed E-state index contributed by atoms with van der Waals surface area (Å²) in [7, 11) is 0. The number of carbonyl (C=O) groups excluding carboxylic acids is 2. The summed E-state index contributed by atoms with van der Waals surface area (Å²) in [5.74, 6) is -0.456. The van der Waals surface area contributed by atoms with Gasteiger partial charge in [-0.2, -0.15) is 0 Å². The van der Waals surface area contributed by atoms with E-state index < -0.39 is 36.0 Å². The van der Waals surface area contributed by atoms with Gasteiger partial charge in [-0.05, 0) is 40.5 Å². The third-order valence-electron chi connectivity index (χ3n) is 7.78. The largest absolute Gasteiger partial charge is 0.490 e. The van der Waals surface area contributed by atoms with E-state index >= 15 is 0 Å². The second kappa shape index (κ2) is 15.5. The van der Waals surface area contributed by atoms with Crippen LogP contribution in [0.2, 0.25) is 0 Å². The quantitative estimate of drug-likeness (QED) is 0.112. The maximum absolute atomic E-state index is 13.9. The summed E-state index contributed by atoms with van der Waals surface area (Å²) in [6, 6.07) is 41.0. The minimum absolute atomic E-state index is 0.198. The zero-order valence-electron chi connectivity index (χ0n) is 25.5. The predicted octanol–water partition coefficient (Wildman–Crippen LogP) is 6.59. The smallest absolute Gasteiger partial charge is 0.251 e. The molecule has 4 atom stereocenters. The van der Waals surface area contributed by atoms with Gasteiger partial charge < -0.3 is 26.8 Å². The standard InChI is InChI=1S/C39H38N4O3/c1-2-23-46-33-25-31(38(44)42-36(29-19-11-5-12-20-29)34(40)27-15-7-3-8-16-27)24-32(26-33)39(45)43-37(30-21-13-6-14-22-30)35(41)28-17-9-4-10-18-28/h2-22,24-26,34-37H,1,23,40-41H2,(H,42,44)(H,43,45)/t34-,35-,36-,37-/m1/s1. The number of nitrogens with two attached hydrogens (primary N) is 2. The summed E-state index contributed by atoms with van der Waals surface area (Å²) in [5.41, 5.74) is 17.4. The molecule has 232 valence electrons. The molecular formula is C39H38N4O3. The summed E-state index contributed by atoms with van der Waals surface area (Å²) in [4.78, 5) is 27.8. The number of nitrogens with one attached hydrogen (secondary N) is 2. The van der Waals surface area contributed by atoms with Crippen LogP contribution in [0.1, 0.15) is 67.1 Å². The average Bonchev–Trinajstić information content (AvgIpc) is 3.12. The lowest BCUT2D eigenvalue weighted by molar-refractivity contribution is 0.0930. The lowest BCUT2D eigenvalue weighted by Gasteiger charge is -2.27. The molecule has 0 fully saturated rings. The molecule has 0 aliphatic heterocycles. The van der Waals surface area contributed by atoms with Gasteiger partial charge in [-0.15, -0.1) is 0 Å². The maximum atomic E-state index is 13.9. The van der Waals surface area contributed by atoms with Crippen LogP contribution in [0.4, 0.5) is 0 Å². The average molecular weight is 611 g/mol. The first kappa shape index (κ1) is 31.9.